The van der Waals surface area contributed by atoms with E-state index < -0.39 is 0 Å². The molecule has 0 amide bonds. The molecule has 0 aliphatic carbocycles. The van der Waals surface area contributed by atoms with Gasteiger partial charge >= 0.3 is 120 Å². The van der Waals surface area contributed by atoms with Crippen molar-refractivity contribution in [2.24, 2.45) is 0 Å². The Balaban J connectivity index is 0.000000677. The summed E-state index contributed by atoms with van der Waals surface area (Å²) >= 11 is 0.0547. The van der Waals surface area contributed by atoms with Crippen LogP contribution in [0.5, 0.6) is 11.5 Å². The zero-order valence-corrected chi connectivity index (χ0v) is 15.8. The van der Waals surface area contributed by atoms with Gasteiger partial charge in [0.1, 0.15) is 0 Å². The van der Waals surface area contributed by atoms with Crippen molar-refractivity contribution in [3.8, 4) is 11.5 Å². The van der Waals surface area contributed by atoms with Gasteiger partial charge in [0.25, 0.3) is 0 Å². The van der Waals surface area contributed by atoms with Crippen molar-refractivity contribution in [1.29, 1.82) is 0 Å². The Bertz CT molecular complexity index is 497. The molecule has 0 spiro atoms. The van der Waals surface area contributed by atoms with E-state index in [1.807, 2.05) is 30.3 Å². The smallest absolute Gasteiger partial charge is 0.0590 e. The number of alkyl halides is 1. The molecule has 21 heavy (non-hydrogen) atoms. The van der Waals surface area contributed by atoms with Gasteiger partial charge in [0.05, 0.1) is 0 Å². The molecule has 0 aliphatic rings. The molecule has 2 aromatic carbocycles. The van der Waals surface area contributed by atoms with Crippen LogP contribution in [0.2, 0.25) is 0 Å². The molecular weight excluding hydrogens is 371 g/mol. The van der Waals surface area contributed by atoms with E-state index in [-0.39, 0.29) is 21.2 Å². The molecule has 116 valence electrons. The second kappa shape index (κ2) is 9.08. The van der Waals surface area contributed by atoms with Gasteiger partial charge in [-0.25, -0.2) is 0 Å². The van der Waals surface area contributed by atoms with Crippen LogP contribution in [-0.4, -0.2) is 3.42 Å². The van der Waals surface area contributed by atoms with E-state index in [4.69, 9.17) is 4.74 Å². The first-order chi connectivity index (χ1) is 9.94. The van der Waals surface area contributed by atoms with Crippen molar-refractivity contribution in [1.82, 2.24) is 0 Å². The maximum atomic E-state index is 5.78. The molecule has 2 rings (SSSR count). The van der Waals surface area contributed by atoms with Gasteiger partial charge < -0.3 is 0 Å². The maximum Gasteiger partial charge on any atom is -0.0590 e. The fourth-order valence-corrected chi connectivity index (χ4v) is 4.11. The molecule has 0 atom stereocenters. The van der Waals surface area contributed by atoms with Gasteiger partial charge in [0.15, 0.2) is 0 Å². The Morgan fingerprint density at radius 3 is 1.76 bits per heavy atom. The number of hydrogen-bond acceptors (Lipinski definition) is 1. The fraction of sp³-hybridized carbons (Fsp3) is 0.368. The van der Waals surface area contributed by atoms with Crippen molar-refractivity contribution in [3.63, 3.8) is 0 Å². The van der Waals surface area contributed by atoms with Crippen molar-refractivity contribution in [2.45, 2.75) is 44.5 Å². The van der Waals surface area contributed by atoms with Crippen LogP contribution in [0.25, 0.3) is 0 Å². The summed E-state index contributed by atoms with van der Waals surface area (Å²) in [6.07, 6.45) is 1.25. The van der Waals surface area contributed by atoms with E-state index in [1.54, 1.807) is 0 Å². The first kappa shape index (κ1) is 18.0. The third-order valence-electron chi connectivity index (χ3n) is 2.19. The Morgan fingerprint density at radius 1 is 0.810 bits per heavy atom. The third kappa shape index (κ3) is 8.10. The van der Waals surface area contributed by atoms with Crippen molar-refractivity contribution in [2.75, 3.05) is 0 Å². The average Bonchev–Trinajstić information content (AvgIpc) is 2.41. The van der Waals surface area contributed by atoms with E-state index >= 15 is 0 Å². The van der Waals surface area contributed by atoms with Crippen LogP contribution >= 0.6 is 0 Å². The van der Waals surface area contributed by atoms with Crippen LogP contribution in [-0.2, 0) is 0 Å². The summed E-state index contributed by atoms with van der Waals surface area (Å²) in [5.41, 5.74) is 0. The summed E-state index contributed by atoms with van der Waals surface area (Å²) < 4.78 is 7.67. The predicted octanol–water partition coefficient (Wildman–Crippen LogP) is 2.95. The minimum Gasteiger partial charge on any atom is -0.0656 e. The normalized spacial score (nSPS) is 10.7. The number of para-hydroxylation sites is 1. The molecule has 0 N–H and O–H groups in total. The summed E-state index contributed by atoms with van der Waals surface area (Å²) in [4.78, 5) is 0. The van der Waals surface area contributed by atoms with E-state index in [9.17, 15) is 0 Å². The van der Waals surface area contributed by atoms with E-state index in [0.717, 1.165) is 11.5 Å². The Hall–Kier alpha value is -1.03. The molecule has 0 aliphatic heterocycles. The molecule has 0 bridgehead atoms. The van der Waals surface area contributed by atoms with Crippen LogP contribution in [0.4, 0.5) is 0 Å². The molecule has 0 saturated heterocycles. The molecule has 1 nitrogen and oxygen atoms in total. The van der Waals surface area contributed by atoms with Crippen LogP contribution < -0.4 is 25.9 Å². The van der Waals surface area contributed by atoms with Crippen LogP contribution in [0, 0.1) is 3.57 Å². The van der Waals surface area contributed by atoms with Gasteiger partial charge in [-0.1, -0.05) is 20.3 Å². The quantitative estimate of drug-likeness (QED) is 0.572. The van der Waals surface area contributed by atoms with E-state index in [2.05, 4.69) is 58.9 Å². The van der Waals surface area contributed by atoms with Gasteiger partial charge in [0.2, 0.25) is 0 Å². The van der Waals surface area contributed by atoms with Crippen LogP contribution in [0.3, 0.4) is 0 Å². The molecule has 2 heteroatoms. The molecule has 0 saturated carbocycles. The Kier molecular flexibility index (Phi) is 7.79. The monoisotopic (exact) mass is 397 g/mol. The molecule has 2 aromatic rings. The number of benzene rings is 2. The van der Waals surface area contributed by atoms with Crippen molar-refractivity contribution in [3.05, 3.63) is 58.2 Å². The first-order valence-corrected chi connectivity index (χ1v) is 9.59. The number of rotatable bonds is 3. The Labute approximate surface area is 140 Å². The number of ether oxygens (including phenoxy) is 1. The van der Waals surface area contributed by atoms with Crippen molar-refractivity contribution >= 4 is 0 Å². The van der Waals surface area contributed by atoms with Gasteiger partial charge in [-0.2, -0.15) is 0 Å². The summed E-state index contributed by atoms with van der Waals surface area (Å²) in [5, 5.41) is 0. The fourth-order valence-electron chi connectivity index (χ4n) is 1.52. The minimum atomic E-state index is 0.0547. The second-order valence-electron chi connectivity index (χ2n) is 5.74. The predicted molar refractivity (Wildman–Crippen MR) is 87.4 cm³/mol. The number of hydrogen-bond donors (Lipinski definition) is 0. The van der Waals surface area contributed by atoms with E-state index in [0.29, 0.717) is 3.42 Å². The zero-order chi connectivity index (χ0) is 15.7. The molecule has 0 unspecified atom stereocenters. The third-order valence-corrected chi connectivity index (χ3v) is 5.15. The van der Waals surface area contributed by atoms with Crippen LogP contribution in [0.1, 0.15) is 41.0 Å². The topological polar surface area (TPSA) is 9.23 Å². The van der Waals surface area contributed by atoms with Crippen LogP contribution in [0.15, 0.2) is 54.6 Å². The Morgan fingerprint density at radius 2 is 1.29 bits per heavy atom. The summed E-state index contributed by atoms with van der Waals surface area (Å²) in [7, 11) is 0. The van der Waals surface area contributed by atoms with Crippen molar-refractivity contribution < 1.29 is 25.9 Å². The molecule has 0 heterocycles. The molecule has 0 fully saturated rings. The van der Waals surface area contributed by atoms with Gasteiger partial charge in [-0.3, -0.25) is 0 Å². The number of halogens is 1. The van der Waals surface area contributed by atoms with E-state index in [1.165, 1.54) is 9.99 Å². The summed E-state index contributed by atoms with van der Waals surface area (Å²) in [5.74, 6) is 1.79. The summed E-state index contributed by atoms with van der Waals surface area (Å²) in [6, 6.07) is 18.4. The minimum absolute atomic E-state index is 0.0547. The second-order valence-corrected chi connectivity index (χ2v) is 10.8. The maximum absolute atomic E-state index is 5.78. The molecule has 0 radical (unpaired) electrons. The largest absolute Gasteiger partial charge is 0.0656 e. The zero-order valence-electron chi connectivity index (χ0n) is 13.7. The molecular formula is C19H26IO-. The average molecular weight is 397 g/mol. The first-order valence-electron chi connectivity index (χ1n) is 7.43. The SMILES string of the molecule is CC(C)(C)[I-]c1ccc(Oc2ccccc2)cc1.CCC. The van der Waals surface area contributed by atoms with Gasteiger partial charge in [0, 0.05) is 0 Å². The molecule has 0 aromatic heterocycles. The van der Waals surface area contributed by atoms with Gasteiger partial charge in [-0.15, -0.1) is 0 Å². The standard InChI is InChI=1S/C16H18IO.C3H8/c1-16(2,3)17-13-9-11-15(12-10-13)18-14-7-5-4-6-8-14;1-3-2/h4-12H,1-3H3;3H2,1-2H3/q-1;. The summed E-state index contributed by atoms with van der Waals surface area (Å²) in [6.45, 7) is 11.2. The van der Waals surface area contributed by atoms with Gasteiger partial charge in [-0.05, 0) is 0 Å².